The molecule has 5 heteroatoms. The average molecular weight is 192 g/mol. The van der Waals surface area contributed by atoms with Crippen LogP contribution in [-0.4, -0.2) is 39.5 Å². The first-order chi connectivity index (χ1) is 5.59. The Morgan fingerprint density at radius 2 is 2.33 bits per heavy atom. The van der Waals surface area contributed by atoms with Gasteiger partial charge in [-0.2, -0.15) is 0 Å². The lowest BCUT2D eigenvalue weighted by atomic mass is 10.2. The summed E-state index contributed by atoms with van der Waals surface area (Å²) in [5.41, 5.74) is 0. The Labute approximate surface area is 73.4 Å². The average Bonchev–Trinajstić information content (AvgIpc) is 2.34. The van der Waals surface area contributed by atoms with Gasteiger partial charge in [-0.1, -0.05) is 0 Å². The number of carbonyl (C=O) groups is 1. The molecule has 0 aromatic carbocycles. The van der Waals surface area contributed by atoms with E-state index in [2.05, 4.69) is 0 Å². The Morgan fingerprint density at radius 3 is 2.75 bits per heavy atom. The van der Waals surface area contributed by atoms with E-state index in [1.807, 2.05) is 0 Å². The van der Waals surface area contributed by atoms with Crippen LogP contribution >= 0.6 is 0 Å². The molecule has 0 bridgehead atoms. The third kappa shape index (κ3) is 2.57. The highest BCUT2D eigenvalue weighted by atomic mass is 32.2. The van der Waals surface area contributed by atoms with Gasteiger partial charge >= 0.3 is 5.97 Å². The van der Waals surface area contributed by atoms with Gasteiger partial charge in [0.25, 0.3) is 0 Å². The fraction of sp³-hybridized carbons (Fsp3) is 0.857. The quantitative estimate of drug-likeness (QED) is 0.683. The third-order valence-electron chi connectivity index (χ3n) is 1.80. The van der Waals surface area contributed by atoms with Crippen LogP contribution in [-0.2, 0) is 20.3 Å². The second kappa shape index (κ2) is 4.00. The van der Waals surface area contributed by atoms with E-state index in [9.17, 15) is 9.00 Å². The maximum atomic E-state index is 10.8. The van der Waals surface area contributed by atoms with Crippen molar-refractivity contribution in [2.24, 2.45) is 0 Å². The zero-order valence-electron chi connectivity index (χ0n) is 6.86. The Morgan fingerprint density at radius 1 is 1.67 bits per heavy atom. The molecule has 1 rings (SSSR count). The van der Waals surface area contributed by atoms with Crippen molar-refractivity contribution >= 4 is 16.8 Å². The number of hydrogen-bond acceptors (Lipinski definition) is 3. The molecule has 1 aliphatic heterocycles. The molecule has 1 saturated heterocycles. The van der Waals surface area contributed by atoms with Gasteiger partial charge in [0.15, 0.2) is 6.10 Å². The van der Waals surface area contributed by atoms with E-state index in [1.165, 1.54) is 0 Å². The molecule has 12 heavy (non-hydrogen) atoms. The summed E-state index contributed by atoms with van der Waals surface area (Å²) in [5.74, 6) is -0.469. The lowest BCUT2D eigenvalue weighted by Gasteiger charge is -2.08. The summed E-state index contributed by atoms with van der Waals surface area (Å²) < 4.78 is 15.9. The molecular formula is C7H12O4S. The predicted molar refractivity (Wildman–Crippen MR) is 44.5 cm³/mol. The smallest absolute Gasteiger partial charge is 0.332 e. The van der Waals surface area contributed by atoms with Crippen LogP contribution in [0.5, 0.6) is 0 Å². The van der Waals surface area contributed by atoms with Crippen molar-refractivity contribution in [1.29, 1.82) is 0 Å². The number of ether oxygens (including phenoxy) is 1. The minimum atomic E-state index is -0.917. The van der Waals surface area contributed by atoms with Crippen molar-refractivity contribution in [3.8, 4) is 0 Å². The second-order valence-electron chi connectivity index (χ2n) is 2.90. The summed E-state index contributed by atoms with van der Waals surface area (Å²) in [7, 11) is -0.901. The molecule has 0 radical (unpaired) electrons. The van der Waals surface area contributed by atoms with Crippen molar-refractivity contribution in [3.05, 3.63) is 0 Å². The van der Waals surface area contributed by atoms with E-state index in [0.29, 0.717) is 18.6 Å². The monoisotopic (exact) mass is 192 g/mol. The van der Waals surface area contributed by atoms with Gasteiger partial charge < -0.3 is 9.84 Å². The zero-order chi connectivity index (χ0) is 9.14. The molecule has 1 fully saturated rings. The van der Waals surface area contributed by atoms with Crippen molar-refractivity contribution in [2.75, 3.05) is 12.0 Å². The number of carboxylic acid groups (broad SMARTS) is 1. The van der Waals surface area contributed by atoms with Crippen LogP contribution in [0.25, 0.3) is 0 Å². The van der Waals surface area contributed by atoms with Crippen molar-refractivity contribution in [1.82, 2.24) is 0 Å². The maximum absolute atomic E-state index is 10.8. The zero-order valence-corrected chi connectivity index (χ0v) is 7.67. The number of aliphatic carboxylic acids is 1. The van der Waals surface area contributed by atoms with Gasteiger partial charge in [0.1, 0.15) is 0 Å². The molecule has 0 saturated carbocycles. The molecule has 1 aliphatic rings. The van der Waals surface area contributed by atoms with Gasteiger partial charge in [-0.15, -0.1) is 0 Å². The lowest BCUT2D eigenvalue weighted by molar-refractivity contribution is -0.148. The molecule has 4 nitrogen and oxygen atoms in total. The highest BCUT2D eigenvalue weighted by Crippen LogP contribution is 2.20. The van der Waals surface area contributed by atoms with Crippen LogP contribution in [0.4, 0.5) is 0 Å². The highest BCUT2D eigenvalue weighted by molar-refractivity contribution is 7.84. The first-order valence-corrected chi connectivity index (χ1v) is 5.50. The summed E-state index contributed by atoms with van der Waals surface area (Å²) in [6.07, 6.45) is 2.03. The van der Waals surface area contributed by atoms with Gasteiger partial charge in [0, 0.05) is 22.8 Å². The molecule has 1 heterocycles. The van der Waals surface area contributed by atoms with Crippen LogP contribution in [0.15, 0.2) is 0 Å². The summed E-state index contributed by atoms with van der Waals surface area (Å²) in [4.78, 5) is 10.4. The van der Waals surface area contributed by atoms with Gasteiger partial charge in [-0.05, 0) is 12.8 Å². The summed E-state index contributed by atoms with van der Waals surface area (Å²) in [6.45, 7) is 0. The lowest BCUT2D eigenvalue weighted by Crippen LogP contribution is -2.23. The van der Waals surface area contributed by atoms with Crippen molar-refractivity contribution < 1.29 is 18.8 Å². The Balaban J connectivity index is 2.35. The van der Waals surface area contributed by atoms with Crippen LogP contribution in [0.2, 0.25) is 0 Å². The summed E-state index contributed by atoms with van der Waals surface area (Å²) in [5, 5.41) is 8.56. The van der Waals surface area contributed by atoms with Crippen LogP contribution < -0.4 is 0 Å². The predicted octanol–water partition coefficient (Wildman–Crippen LogP) is -0.00290. The number of hydrogen-bond donors (Lipinski definition) is 1. The first kappa shape index (κ1) is 9.67. The first-order valence-electron chi connectivity index (χ1n) is 3.78. The minimum Gasteiger partial charge on any atom is -0.479 e. The van der Waals surface area contributed by atoms with Crippen molar-refractivity contribution in [3.63, 3.8) is 0 Å². The van der Waals surface area contributed by atoms with Gasteiger partial charge in [0.05, 0.1) is 6.10 Å². The molecule has 0 aromatic heterocycles. The fourth-order valence-electron chi connectivity index (χ4n) is 1.27. The van der Waals surface area contributed by atoms with Crippen molar-refractivity contribution in [2.45, 2.75) is 25.0 Å². The summed E-state index contributed by atoms with van der Waals surface area (Å²) >= 11 is 0. The molecule has 3 atom stereocenters. The number of carboxylic acids is 1. The topological polar surface area (TPSA) is 63.6 Å². The SMILES string of the molecule is CS(=O)CC1CCC(C(=O)O)O1. The molecule has 0 aliphatic carbocycles. The standard InChI is InChI=1S/C7H12O4S/c1-12(10)4-5-2-3-6(11-5)7(8)9/h5-6H,2-4H2,1H3,(H,8,9). The Kier molecular flexibility index (Phi) is 3.22. The van der Waals surface area contributed by atoms with E-state index in [4.69, 9.17) is 9.84 Å². The van der Waals surface area contributed by atoms with E-state index in [0.717, 1.165) is 0 Å². The molecule has 1 N–H and O–H groups in total. The van der Waals surface area contributed by atoms with E-state index in [-0.39, 0.29) is 6.10 Å². The van der Waals surface area contributed by atoms with Crippen LogP contribution in [0.3, 0.4) is 0 Å². The van der Waals surface area contributed by atoms with Gasteiger partial charge in [-0.3, -0.25) is 4.21 Å². The minimum absolute atomic E-state index is 0.128. The second-order valence-corrected chi connectivity index (χ2v) is 4.38. The Bertz CT molecular complexity index is 204. The fourth-order valence-corrected chi connectivity index (χ4v) is 2.04. The molecule has 0 aromatic rings. The van der Waals surface area contributed by atoms with Crippen LogP contribution in [0.1, 0.15) is 12.8 Å². The highest BCUT2D eigenvalue weighted by Gasteiger charge is 2.30. The molecule has 70 valence electrons. The van der Waals surface area contributed by atoms with Gasteiger partial charge in [-0.25, -0.2) is 4.79 Å². The van der Waals surface area contributed by atoms with Crippen LogP contribution in [0, 0.1) is 0 Å². The summed E-state index contributed by atoms with van der Waals surface area (Å²) in [6, 6.07) is 0. The largest absolute Gasteiger partial charge is 0.479 e. The normalized spacial score (nSPS) is 31.8. The third-order valence-corrected chi connectivity index (χ3v) is 2.64. The molecule has 0 spiro atoms. The van der Waals surface area contributed by atoms with E-state index >= 15 is 0 Å². The molecular weight excluding hydrogens is 180 g/mol. The number of rotatable bonds is 3. The van der Waals surface area contributed by atoms with E-state index < -0.39 is 22.9 Å². The molecule has 3 unspecified atom stereocenters. The molecule has 0 amide bonds. The van der Waals surface area contributed by atoms with E-state index in [1.54, 1.807) is 6.26 Å². The maximum Gasteiger partial charge on any atom is 0.332 e. The van der Waals surface area contributed by atoms with Gasteiger partial charge in [0.2, 0.25) is 0 Å². The Hall–Kier alpha value is -0.420.